The van der Waals surface area contributed by atoms with Crippen LogP contribution in [0.3, 0.4) is 0 Å². The van der Waals surface area contributed by atoms with Crippen molar-refractivity contribution in [2.75, 3.05) is 6.54 Å². The van der Waals surface area contributed by atoms with Gasteiger partial charge in [-0.15, -0.1) is 0 Å². The molecule has 1 aliphatic rings. The number of benzene rings is 1. The summed E-state index contributed by atoms with van der Waals surface area (Å²) in [7, 11) is 0. The summed E-state index contributed by atoms with van der Waals surface area (Å²) >= 11 is 0. The molecular weight excluding hydrogens is 256 g/mol. The fourth-order valence-corrected chi connectivity index (χ4v) is 3.05. The highest BCUT2D eigenvalue weighted by Gasteiger charge is 2.35. The lowest BCUT2D eigenvalue weighted by molar-refractivity contribution is 0.0853. The van der Waals surface area contributed by atoms with E-state index in [1.54, 1.807) is 0 Å². The summed E-state index contributed by atoms with van der Waals surface area (Å²) < 4.78 is 0. The molecule has 110 valence electrons. The maximum Gasteiger partial charge on any atom is 0.252 e. The van der Waals surface area contributed by atoms with Crippen LogP contribution in [0.1, 0.15) is 43.0 Å². The quantitative estimate of drug-likeness (QED) is 0.677. The van der Waals surface area contributed by atoms with Crippen molar-refractivity contribution in [2.24, 2.45) is 11.7 Å². The number of amides is 1. The number of phenols is 2. The lowest BCUT2D eigenvalue weighted by Crippen LogP contribution is -2.56. The van der Waals surface area contributed by atoms with Crippen LogP contribution in [-0.4, -0.2) is 28.2 Å². The van der Waals surface area contributed by atoms with Crippen molar-refractivity contribution in [1.29, 1.82) is 0 Å². The minimum Gasteiger partial charge on any atom is -0.508 e. The van der Waals surface area contributed by atoms with Crippen molar-refractivity contribution in [2.45, 2.75) is 38.1 Å². The molecule has 20 heavy (non-hydrogen) atoms. The minimum absolute atomic E-state index is 0.131. The normalized spacial score (nSPS) is 26.2. The molecule has 0 bridgehead atoms. The maximum absolute atomic E-state index is 12.3. The number of carbonyl (C=O) groups is 1. The van der Waals surface area contributed by atoms with Crippen molar-refractivity contribution < 1.29 is 15.0 Å². The molecule has 1 aromatic rings. The first-order chi connectivity index (χ1) is 9.44. The average Bonchev–Trinajstić information content (AvgIpc) is 2.37. The highest BCUT2D eigenvalue weighted by molar-refractivity contribution is 5.95. The van der Waals surface area contributed by atoms with E-state index in [2.05, 4.69) is 12.2 Å². The largest absolute Gasteiger partial charge is 0.508 e. The smallest absolute Gasteiger partial charge is 0.252 e. The van der Waals surface area contributed by atoms with Crippen LogP contribution >= 0.6 is 0 Å². The molecular formula is C15H22N2O3. The maximum atomic E-state index is 12.3. The molecule has 2 rings (SSSR count). The Morgan fingerprint density at radius 1 is 1.40 bits per heavy atom. The van der Waals surface area contributed by atoms with Crippen molar-refractivity contribution >= 4 is 5.91 Å². The van der Waals surface area contributed by atoms with Gasteiger partial charge in [0.25, 0.3) is 5.91 Å². The SMILES string of the molecule is CC1CCCC(CN)(NC(=O)c2cc(O)cc(O)c2)C1. The Morgan fingerprint density at radius 3 is 2.60 bits per heavy atom. The van der Waals surface area contributed by atoms with Gasteiger partial charge in [0.05, 0.1) is 5.54 Å². The molecule has 5 N–H and O–H groups in total. The second kappa shape index (κ2) is 5.71. The number of nitrogens with two attached hydrogens (primary N) is 1. The Balaban J connectivity index is 2.16. The monoisotopic (exact) mass is 278 g/mol. The number of rotatable bonds is 3. The van der Waals surface area contributed by atoms with Crippen LogP contribution in [0.5, 0.6) is 11.5 Å². The lowest BCUT2D eigenvalue weighted by Gasteiger charge is -2.40. The first kappa shape index (κ1) is 14.7. The van der Waals surface area contributed by atoms with E-state index in [0.29, 0.717) is 12.5 Å². The molecule has 0 aromatic heterocycles. The molecule has 2 unspecified atom stereocenters. The predicted molar refractivity (Wildman–Crippen MR) is 76.7 cm³/mol. The predicted octanol–water partition coefficient (Wildman–Crippen LogP) is 1.74. The zero-order valence-electron chi connectivity index (χ0n) is 11.7. The molecule has 0 radical (unpaired) electrons. The Bertz CT molecular complexity index is 484. The first-order valence-electron chi connectivity index (χ1n) is 7.00. The van der Waals surface area contributed by atoms with Gasteiger partial charge in [0.15, 0.2) is 0 Å². The summed E-state index contributed by atoms with van der Waals surface area (Å²) in [6.07, 6.45) is 3.93. The number of hydrogen-bond acceptors (Lipinski definition) is 4. The summed E-state index contributed by atoms with van der Waals surface area (Å²) in [5.41, 5.74) is 5.74. The van der Waals surface area contributed by atoms with Crippen LogP contribution in [0.4, 0.5) is 0 Å². The van der Waals surface area contributed by atoms with Crippen molar-refractivity contribution in [3.63, 3.8) is 0 Å². The zero-order chi connectivity index (χ0) is 14.8. The van der Waals surface area contributed by atoms with E-state index in [4.69, 9.17) is 5.73 Å². The van der Waals surface area contributed by atoms with Gasteiger partial charge in [-0.05, 0) is 30.9 Å². The third kappa shape index (κ3) is 3.22. The van der Waals surface area contributed by atoms with Crippen molar-refractivity contribution in [1.82, 2.24) is 5.32 Å². The summed E-state index contributed by atoms with van der Waals surface area (Å²) in [4.78, 5) is 12.3. The summed E-state index contributed by atoms with van der Waals surface area (Å²) in [6.45, 7) is 2.56. The molecule has 2 atom stereocenters. The average molecular weight is 278 g/mol. The topological polar surface area (TPSA) is 95.6 Å². The fraction of sp³-hybridized carbons (Fsp3) is 0.533. The third-order valence-corrected chi connectivity index (χ3v) is 4.03. The van der Waals surface area contributed by atoms with Crippen molar-refractivity contribution in [3.05, 3.63) is 23.8 Å². The molecule has 0 heterocycles. The van der Waals surface area contributed by atoms with Crippen LogP contribution in [0.2, 0.25) is 0 Å². The molecule has 0 saturated heterocycles. The zero-order valence-corrected chi connectivity index (χ0v) is 11.7. The van der Waals surface area contributed by atoms with Gasteiger partial charge in [-0.3, -0.25) is 4.79 Å². The Morgan fingerprint density at radius 2 is 2.05 bits per heavy atom. The van der Waals surface area contributed by atoms with Crippen LogP contribution in [0, 0.1) is 5.92 Å². The molecule has 1 saturated carbocycles. The molecule has 1 aromatic carbocycles. The van der Waals surface area contributed by atoms with Crippen LogP contribution in [-0.2, 0) is 0 Å². The van der Waals surface area contributed by atoms with Gasteiger partial charge in [0.1, 0.15) is 11.5 Å². The summed E-state index contributed by atoms with van der Waals surface area (Å²) in [5.74, 6) is -0.0381. The Kier molecular flexibility index (Phi) is 4.18. The Hall–Kier alpha value is -1.75. The molecule has 0 aliphatic heterocycles. The molecule has 1 amide bonds. The van der Waals surface area contributed by atoms with Crippen molar-refractivity contribution in [3.8, 4) is 11.5 Å². The summed E-state index contributed by atoms with van der Waals surface area (Å²) in [6, 6.07) is 3.87. The van der Waals surface area contributed by atoms with E-state index >= 15 is 0 Å². The van der Waals surface area contributed by atoms with Gasteiger partial charge in [0.2, 0.25) is 0 Å². The van der Waals surface area contributed by atoms with Gasteiger partial charge < -0.3 is 21.3 Å². The number of aromatic hydroxyl groups is 2. The number of phenolic OH excluding ortho intramolecular Hbond substituents is 2. The fourth-order valence-electron chi connectivity index (χ4n) is 3.05. The van der Waals surface area contributed by atoms with Gasteiger partial charge in [-0.2, -0.15) is 0 Å². The second-order valence-electron chi connectivity index (χ2n) is 5.88. The molecule has 5 nitrogen and oxygen atoms in total. The van der Waals surface area contributed by atoms with Gasteiger partial charge in [-0.25, -0.2) is 0 Å². The van der Waals surface area contributed by atoms with Gasteiger partial charge in [-0.1, -0.05) is 19.8 Å². The van der Waals surface area contributed by atoms with Crippen LogP contribution < -0.4 is 11.1 Å². The lowest BCUT2D eigenvalue weighted by atomic mass is 9.76. The first-order valence-corrected chi connectivity index (χ1v) is 7.00. The number of carbonyl (C=O) groups excluding carboxylic acids is 1. The number of nitrogens with one attached hydrogen (secondary N) is 1. The molecule has 5 heteroatoms. The van der Waals surface area contributed by atoms with E-state index in [1.165, 1.54) is 18.2 Å². The van der Waals surface area contributed by atoms with Crippen LogP contribution in [0.25, 0.3) is 0 Å². The molecule has 1 fully saturated rings. The van der Waals surface area contributed by atoms with E-state index < -0.39 is 0 Å². The molecule has 1 aliphatic carbocycles. The Labute approximate surface area is 118 Å². The second-order valence-corrected chi connectivity index (χ2v) is 5.88. The van der Waals surface area contributed by atoms with E-state index in [1.807, 2.05) is 0 Å². The van der Waals surface area contributed by atoms with Gasteiger partial charge >= 0.3 is 0 Å². The third-order valence-electron chi connectivity index (χ3n) is 4.03. The van der Waals surface area contributed by atoms with E-state index in [0.717, 1.165) is 25.7 Å². The number of hydrogen-bond donors (Lipinski definition) is 4. The molecule has 0 spiro atoms. The highest BCUT2D eigenvalue weighted by Crippen LogP contribution is 2.32. The minimum atomic E-state index is -0.379. The highest BCUT2D eigenvalue weighted by atomic mass is 16.3. The van der Waals surface area contributed by atoms with E-state index in [9.17, 15) is 15.0 Å². The van der Waals surface area contributed by atoms with Gasteiger partial charge in [0, 0.05) is 18.2 Å². The standard InChI is InChI=1S/C15H22N2O3/c1-10-3-2-4-15(8-10,9-16)17-14(20)11-5-12(18)7-13(19)6-11/h5-7,10,18-19H,2-4,8-9,16H2,1H3,(H,17,20). The van der Waals surface area contributed by atoms with Crippen LogP contribution in [0.15, 0.2) is 18.2 Å². The summed E-state index contributed by atoms with van der Waals surface area (Å²) in [5, 5.41) is 21.9. The van der Waals surface area contributed by atoms with E-state index in [-0.39, 0.29) is 28.5 Å².